The van der Waals surface area contributed by atoms with E-state index in [4.69, 9.17) is 13.3 Å². The second-order valence-electron chi connectivity index (χ2n) is 6.70. The number of rotatable bonds is 16. The van der Waals surface area contributed by atoms with Crippen molar-refractivity contribution in [3.8, 4) is 0 Å². The smallest absolute Gasteiger partial charge is 0.500 e. The molecule has 0 spiro atoms. The molecule has 0 radical (unpaired) electrons. The van der Waals surface area contributed by atoms with Crippen LogP contribution in [-0.2, 0) is 13.3 Å². The second kappa shape index (κ2) is 15.6. The Bertz CT molecular complexity index is 249. The van der Waals surface area contributed by atoms with Crippen LogP contribution in [0.5, 0.6) is 0 Å². The quantitative estimate of drug-likeness (QED) is 0.298. The summed E-state index contributed by atoms with van der Waals surface area (Å²) in [6.07, 6.45) is 8.96. The van der Waals surface area contributed by atoms with E-state index in [0.717, 1.165) is 12.5 Å². The third-order valence-corrected chi connectivity index (χ3v) is 7.84. The van der Waals surface area contributed by atoms with Crippen LogP contribution < -0.4 is 12.4 Å². The third-order valence-electron chi connectivity index (χ3n) is 5.01. The standard InChI is InChI=1S/C18H42NO3Si.ClH/c1-7-10-14-19(15-11-8-2,16-12-9-3)17-13-18-23(20-4,21-5)22-6;/h7-18H2,1-6H3;1H/q+1;/p-1. The number of hydrogen-bond donors (Lipinski definition) is 0. The molecule has 0 saturated heterocycles. The summed E-state index contributed by atoms with van der Waals surface area (Å²) in [6, 6.07) is 0.918. The van der Waals surface area contributed by atoms with E-state index in [-0.39, 0.29) is 12.4 Å². The highest BCUT2D eigenvalue weighted by Gasteiger charge is 2.38. The lowest BCUT2D eigenvalue weighted by Crippen LogP contribution is -3.00. The minimum Gasteiger partial charge on any atom is -1.00 e. The fourth-order valence-corrected chi connectivity index (χ4v) is 5.04. The normalized spacial score (nSPS) is 12.2. The molecule has 0 N–H and O–H groups in total. The monoisotopic (exact) mass is 383 g/mol. The zero-order valence-corrected chi connectivity index (χ0v) is 18.8. The lowest BCUT2D eigenvalue weighted by atomic mass is 10.1. The second-order valence-corrected chi connectivity index (χ2v) is 9.79. The third kappa shape index (κ3) is 9.73. The largest absolute Gasteiger partial charge is 1.00 e. The maximum Gasteiger partial charge on any atom is 0.500 e. The minimum atomic E-state index is -2.42. The van der Waals surface area contributed by atoms with Crippen molar-refractivity contribution in [2.45, 2.75) is 71.8 Å². The summed E-state index contributed by atoms with van der Waals surface area (Å²) in [5.41, 5.74) is 0. The van der Waals surface area contributed by atoms with Crippen molar-refractivity contribution in [3.05, 3.63) is 0 Å². The van der Waals surface area contributed by atoms with E-state index in [1.807, 2.05) is 0 Å². The summed E-state index contributed by atoms with van der Waals surface area (Å²) in [5, 5.41) is 0. The van der Waals surface area contributed by atoms with E-state index in [1.165, 1.54) is 69.2 Å². The Morgan fingerprint density at radius 3 is 1.25 bits per heavy atom. The summed E-state index contributed by atoms with van der Waals surface area (Å²) in [6.45, 7) is 12.1. The van der Waals surface area contributed by atoms with Crippen molar-refractivity contribution in [3.63, 3.8) is 0 Å². The van der Waals surface area contributed by atoms with Crippen molar-refractivity contribution < 1.29 is 30.2 Å². The van der Waals surface area contributed by atoms with Crippen LogP contribution >= 0.6 is 0 Å². The molecule has 0 aliphatic rings. The van der Waals surface area contributed by atoms with Gasteiger partial charge in [0.05, 0.1) is 26.2 Å². The van der Waals surface area contributed by atoms with E-state index >= 15 is 0 Å². The average Bonchev–Trinajstić information content (AvgIpc) is 2.60. The van der Waals surface area contributed by atoms with Crippen molar-refractivity contribution in [2.75, 3.05) is 47.5 Å². The molecule has 0 rings (SSSR count). The number of unbranched alkanes of at least 4 members (excludes halogenated alkanes) is 3. The van der Waals surface area contributed by atoms with E-state index in [0.29, 0.717) is 0 Å². The Labute approximate surface area is 158 Å². The first kappa shape index (κ1) is 26.6. The molecule has 0 saturated carbocycles. The van der Waals surface area contributed by atoms with Gasteiger partial charge >= 0.3 is 8.80 Å². The summed E-state index contributed by atoms with van der Waals surface area (Å²) < 4.78 is 18.0. The molecular formula is C18H42ClNO3Si. The predicted molar refractivity (Wildman–Crippen MR) is 101 cm³/mol. The Hall–Kier alpha value is 0.347. The molecular weight excluding hydrogens is 342 g/mol. The summed E-state index contributed by atoms with van der Waals surface area (Å²) >= 11 is 0. The molecule has 0 bridgehead atoms. The topological polar surface area (TPSA) is 27.7 Å². The molecule has 0 aromatic heterocycles. The van der Waals surface area contributed by atoms with Crippen LogP contribution in [0.4, 0.5) is 0 Å². The van der Waals surface area contributed by atoms with E-state index in [2.05, 4.69) is 20.8 Å². The van der Waals surface area contributed by atoms with Crippen molar-refractivity contribution in [1.82, 2.24) is 0 Å². The molecule has 0 atom stereocenters. The first-order valence-electron chi connectivity index (χ1n) is 9.58. The Morgan fingerprint density at radius 1 is 0.625 bits per heavy atom. The van der Waals surface area contributed by atoms with E-state index in [1.54, 1.807) is 21.3 Å². The molecule has 0 amide bonds. The van der Waals surface area contributed by atoms with Gasteiger partial charge in [-0.1, -0.05) is 40.0 Å². The highest BCUT2D eigenvalue weighted by atomic mass is 35.5. The maximum absolute atomic E-state index is 5.58. The van der Waals surface area contributed by atoms with Crippen LogP contribution in [0.15, 0.2) is 0 Å². The summed E-state index contributed by atoms with van der Waals surface area (Å²) in [7, 11) is 2.72. The van der Waals surface area contributed by atoms with E-state index < -0.39 is 8.80 Å². The molecule has 0 aliphatic carbocycles. The van der Waals surface area contributed by atoms with Crippen LogP contribution in [0.25, 0.3) is 0 Å². The first-order valence-corrected chi connectivity index (χ1v) is 11.5. The lowest BCUT2D eigenvalue weighted by molar-refractivity contribution is -0.928. The van der Waals surface area contributed by atoms with Gasteiger partial charge in [-0.05, 0) is 19.3 Å². The van der Waals surface area contributed by atoms with Gasteiger partial charge in [-0.2, -0.15) is 0 Å². The van der Waals surface area contributed by atoms with Crippen molar-refractivity contribution in [2.24, 2.45) is 0 Å². The van der Waals surface area contributed by atoms with Crippen LogP contribution in [0, 0.1) is 0 Å². The average molecular weight is 384 g/mol. The minimum absolute atomic E-state index is 0. The van der Waals surface area contributed by atoms with Gasteiger partial charge in [-0.3, -0.25) is 0 Å². The highest BCUT2D eigenvalue weighted by Crippen LogP contribution is 2.20. The zero-order valence-electron chi connectivity index (χ0n) is 17.0. The van der Waals surface area contributed by atoms with Gasteiger partial charge in [0, 0.05) is 33.8 Å². The van der Waals surface area contributed by atoms with Crippen LogP contribution in [-0.4, -0.2) is 60.8 Å². The number of nitrogens with zero attached hydrogens (tertiary/aromatic N) is 1. The molecule has 6 heteroatoms. The van der Waals surface area contributed by atoms with Gasteiger partial charge in [0.2, 0.25) is 0 Å². The van der Waals surface area contributed by atoms with Crippen LogP contribution in [0.2, 0.25) is 6.04 Å². The lowest BCUT2D eigenvalue weighted by Gasteiger charge is -2.40. The maximum atomic E-state index is 5.58. The van der Waals surface area contributed by atoms with Gasteiger partial charge in [-0.15, -0.1) is 0 Å². The molecule has 4 nitrogen and oxygen atoms in total. The summed E-state index contributed by atoms with van der Waals surface area (Å²) in [4.78, 5) is 0. The van der Waals surface area contributed by atoms with Gasteiger partial charge in [0.15, 0.2) is 0 Å². The SMILES string of the molecule is CCCC[N+](CCCC)(CCCC)CCC[Si](OC)(OC)OC.[Cl-]. The number of quaternary nitrogens is 1. The number of halogens is 1. The molecule has 0 heterocycles. The van der Waals surface area contributed by atoms with Crippen molar-refractivity contribution in [1.29, 1.82) is 0 Å². The van der Waals surface area contributed by atoms with E-state index in [9.17, 15) is 0 Å². The highest BCUT2D eigenvalue weighted by molar-refractivity contribution is 6.60. The Balaban J connectivity index is 0. The number of hydrogen-bond acceptors (Lipinski definition) is 3. The zero-order chi connectivity index (χ0) is 17.6. The van der Waals surface area contributed by atoms with Gasteiger partial charge in [0.1, 0.15) is 0 Å². The fraction of sp³-hybridized carbons (Fsp3) is 1.00. The van der Waals surface area contributed by atoms with Crippen molar-refractivity contribution >= 4 is 8.80 Å². The molecule has 0 aliphatic heterocycles. The van der Waals surface area contributed by atoms with Crippen LogP contribution in [0.1, 0.15) is 65.7 Å². The molecule has 148 valence electrons. The van der Waals surface area contributed by atoms with Gasteiger partial charge in [-0.25, -0.2) is 0 Å². The fourth-order valence-electron chi connectivity index (χ4n) is 3.34. The van der Waals surface area contributed by atoms with Gasteiger partial charge in [0.25, 0.3) is 0 Å². The first-order chi connectivity index (χ1) is 11.1. The summed E-state index contributed by atoms with van der Waals surface area (Å²) in [5.74, 6) is 0. The van der Waals surface area contributed by atoms with Crippen LogP contribution in [0.3, 0.4) is 0 Å². The predicted octanol–water partition coefficient (Wildman–Crippen LogP) is 1.48. The Kier molecular flexibility index (Phi) is 17.3. The molecule has 0 unspecified atom stereocenters. The molecule has 0 aromatic rings. The Morgan fingerprint density at radius 2 is 0.958 bits per heavy atom. The molecule has 0 fully saturated rings. The molecule has 0 aromatic carbocycles. The molecule has 24 heavy (non-hydrogen) atoms. The van der Waals surface area contributed by atoms with Gasteiger partial charge < -0.3 is 30.2 Å².